The highest BCUT2D eigenvalue weighted by Crippen LogP contribution is 2.28. The van der Waals surface area contributed by atoms with Gasteiger partial charge in [0.05, 0.1) is 13.2 Å². The van der Waals surface area contributed by atoms with Crippen LogP contribution in [0.4, 0.5) is 13.2 Å². The lowest BCUT2D eigenvalue weighted by Crippen LogP contribution is -2.28. The van der Waals surface area contributed by atoms with Crippen molar-refractivity contribution in [3.63, 3.8) is 0 Å². The van der Waals surface area contributed by atoms with Crippen LogP contribution in [0.5, 0.6) is 5.75 Å². The van der Waals surface area contributed by atoms with Crippen molar-refractivity contribution in [3.8, 4) is 11.8 Å². The van der Waals surface area contributed by atoms with Gasteiger partial charge in [-0.2, -0.15) is 18.4 Å². The molecule has 0 saturated heterocycles. The van der Waals surface area contributed by atoms with E-state index in [1.54, 1.807) is 0 Å². The van der Waals surface area contributed by atoms with Gasteiger partial charge in [0.25, 0.3) is 5.78 Å². The maximum absolute atomic E-state index is 12.2. The summed E-state index contributed by atoms with van der Waals surface area (Å²) in [5.74, 6) is -3.46. The number of benzene rings is 1. The Morgan fingerprint density at radius 3 is 2.24 bits per heavy atom. The number of ketones is 1. The van der Waals surface area contributed by atoms with E-state index in [2.05, 4.69) is 0 Å². The van der Waals surface area contributed by atoms with Gasteiger partial charge in [-0.3, -0.25) is 4.79 Å². The van der Waals surface area contributed by atoms with Crippen LogP contribution in [0.25, 0.3) is 0 Å². The number of hydrogen-bond acceptors (Lipinski definition) is 3. The average Bonchev–Trinajstić information content (AvgIpc) is 2.29. The number of Topliss-reactive ketones (excluding diaryl/α,β-unsaturated/α-hetero) is 1. The lowest BCUT2D eigenvalue weighted by molar-refractivity contribution is -0.171. The second-order valence-corrected chi connectivity index (χ2v) is 3.20. The van der Waals surface area contributed by atoms with Crippen LogP contribution in [0.2, 0.25) is 0 Å². The molecule has 1 rings (SSSR count). The number of ether oxygens (including phenoxy) is 1. The first-order valence-corrected chi connectivity index (χ1v) is 4.54. The zero-order valence-corrected chi connectivity index (χ0v) is 8.78. The first-order valence-electron chi connectivity index (χ1n) is 4.54. The van der Waals surface area contributed by atoms with Gasteiger partial charge in [0.2, 0.25) is 0 Å². The fraction of sp³-hybridized carbons (Fsp3) is 0.273. The first-order chi connectivity index (χ1) is 7.90. The molecule has 0 amide bonds. The standard InChI is InChI=1S/C11H8F3NO2/c1-17-8-4-2-7(3-5-8)9(6-15)10(16)11(12,13)14/h2-5,9H,1H3/t9-/m1/s1. The van der Waals surface area contributed by atoms with Gasteiger partial charge in [0, 0.05) is 0 Å². The molecular weight excluding hydrogens is 235 g/mol. The highest BCUT2D eigenvalue weighted by molar-refractivity contribution is 5.92. The van der Waals surface area contributed by atoms with E-state index >= 15 is 0 Å². The maximum Gasteiger partial charge on any atom is 0.451 e. The van der Waals surface area contributed by atoms with Crippen LogP contribution >= 0.6 is 0 Å². The second-order valence-electron chi connectivity index (χ2n) is 3.20. The van der Waals surface area contributed by atoms with Gasteiger partial charge in [-0.25, -0.2) is 0 Å². The largest absolute Gasteiger partial charge is 0.497 e. The lowest BCUT2D eigenvalue weighted by atomic mass is 9.96. The molecule has 6 heteroatoms. The molecule has 0 aliphatic rings. The number of halogens is 3. The number of carbonyl (C=O) groups excluding carboxylic acids is 1. The number of carbonyl (C=O) groups is 1. The van der Waals surface area contributed by atoms with Gasteiger partial charge in [0.15, 0.2) is 0 Å². The van der Waals surface area contributed by atoms with Crippen molar-refractivity contribution in [3.05, 3.63) is 29.8 Å². The van der Waals surface area contributed by atoms with Crippen molar-refractivity contribution < 1.29 is 22.7 Å². The molecule has 0 unspecified atom stereocenters. The van der Waals surface area contributed by atoms with E-state index < -0.39 is 17.9 Å². The predicted octanol–water partition coefficient (Wildman–Crippen LogP) is 2.43. The maximum atomic E-state index is 12.2. The number of hydrogen-bond donors (Lipinski definition) is 0. The van der Waals surface area contributed by atoms with Crippen molar-refractivity contribution in [1.82, 2.24) is 0 Å². The number of nitrogens with zero attached hydrogens (tertiary/aromatic N) is 1. The summed E-state index contributed by atoms with van der Waals surface area (Å²) >= 11 is 0. The molecule has 0 aliphatic heterocycles. The van der Waals surface area contributed by atoms with Gasteiger partial charge >= 0.3 is 6.18 Å². The van der Waals surface area contributed by atoms with E-state index in [1.807, 2.05) is 0 Å². The van der Waals surface area contributed by atoms with Crippen LogP contribution in [0.15, 0.2) is 24.3 Å². The Labute approximate surface area is 95.4 Å². The highest BCUT2D eigenvalue weighted by Gasteiger charge is 2.44. The summed E-state index contributed by atoms with van der Waals surface area (Å²) in [6.07, 6.45) is -5.01. The molecule has 3 nitrogen and oxygen atoms in total. The number of rotatable bonds is 3. The molecule has 0 N–H and O–H groups in total. The zero-order valence-electron chi connectivity index (χ0n) is 8.78. The smallest absolute Gasteiger partial charge is 0.451 e. The topological polar surface area (TPSA) is 50.1 Å². The summed E-state index contributed by atoms with van der Waals surface area (Å²) in [6, 6.07) is 6.66. The average molecular weight is 243 g/mol. The SMILES string of the molecule is COc1ccc([C@@H](C#N)C(=O)C(F)(F)F)cc1. The van der Waals surface area contributed by atoms with Crippen LogP contribution < -0.4 is 4.74 Å². The third-order valence-electron chi connectivity index (χ3n) is 2.12. The molecule has 0 bridgehead atoms. The molecule has 0 aliphatic carbocycles. The van der Waals surface area contributed by atoms with Gasteiger partial charge in [-0.1, -0.05) is 12.1 Å². The van der Waals surface area contributed by atoms with E-state index in [0.717, 1.165) is 0 Å². The Bertz CT molecular complexity index is 445. The normalized spacial score (nSPS) is 12.6. The molecule has 0 radical (unpaired) electrons. The van der Waals surface area contributed by atoms with Crippen LogP contribution in [-0.2, 0) is 4.79 Å². The summed E-state index contributed by atoms with van der Waals surface area (Å²) in [6.45, 7) is 0. The van der Waals surface area contributed by atoms with E-state index in [0.29, 0.717) is 5.75 Å². The highest BCUT2D eigenvalue weighted by atomic mass is 19.4. The third-order valence-corrected chi connectivity index (χ3v) is 2.12. The van der Waals surface area contributed by atoms with Crippen molar-refractivity contribution in [2.45, 2.75) is 12.1 Å². The summed E-state index contributed by atoms with van der Waals surface area (Å²) in [5.41, 5.74) is -0.00405. The van der Waals surface area contributed by atoms with Gasteiger partial charge in [-0.05, 0) is 17.7 Å². The lowest BCUT2D eigenvalue weighted by Gasteiger charge is -2.11. The van der Waals surface area contributed by atoms with Crippen molar-refractivity contribution >= 4 is 5.78 Å². The Balaban J connectivity index is 3.03. The number of methoxy groups -OCH3 is 1. The fourth-order valence-corrected chi connectivity index (χ4v) is 1.24. The van der Waals surface area contributed by atoms with Crippen molar-refractivity contribution in [2.24, 2.45) is 0 Å². The number of nitriles is 1. The Morgan fingerprint density at radius 1 is 1.35 bits per heavy atom. The minimum absolute atomic E-state index is 0.00405. The monoisotopic (exact) mass is 243 g/mol. The molecule has 0 heterocycles. The molecule has 0 saturated carbocycles. The minimum atomic E-state index is -5.01. The molecule has 0 fully saturated rings. The van der Waals surface area contributed by atoms with Crippen LogP contribution in [0, 0.1) is 11.3 Å². The van der Waals surface area contributed by atoms with Gasteiger partial charge < -0.3 is 4.74 Å². The predicted molar refractivity (Wildman–Crippen MR) is 52.4 cm³/mol. The molecular formula is C11H8F3NO2. The Morgan fingerprint density at radius 2 is 1.88 bits per heavy atom. The second kappa shape index (κ2) is 4.87. The van der Waals surface area contributed by atoms with E-state index in [-0.39, 0.29) is 5.56 Å². The molecule has 1 aromatic rings. The Hall–Kier alpha value is -2.03. The molecule has 1 atom stereocenters. The molecule has 0 aromatic heterocycles. The van der Waals surface area contributed by atoms with Crippen molar-refractivity contribution in [2.75, 3.05) is 7.11 Å². The van der Waals surface area contributed by atoms with Gasteiger partial charge in [-0.15, -0.1) is 0 Å². The number of alkyl halides is 3. The van der Waals surface area contributed by atoms with E-state index in [1.165, 1.54) is 37.4 Å². The summed E-state index contributed by atoms with van der Waals surface area (Å²) < 4.78 is 41.4. The van der Waals surface area contributed by atoms with Crippen LogP contribution in [0.1, 0.15) is 11.5 Å². The zero-order chi connectivity index (χ0) is 13.1. The summed E-state index contributed by atoms with van der Waals surface area (Å²) in [7, 11) is 1.40. The third kappa shape index (κ3) is 2.97. The van der Waals surface area contributed by atoms with Crippen LogP contribution in [-0.4, -0.2) is 19.1 Å². The van der Waals surface area contributed by atoms with Gasteiger partial charge in [0.1, 0.15) is 11.7 Å². The summed E-state index contributed by atoms with van der Waals surface area (Å²) in [4.78, 5) is 11.0. The van der Waals surface area contributed by atoms with E-state index in [9.17, 15) is 18.0 Å². The van der Waals surface area contributed by atoms with E-state index in [4.69, 9.17) is 10.00 Å². The first kappa shape index (κ1) is 13.0. The molecule has 1 aromatic carbocycles. The summed E-state index contributed by atoms with van der Waals surface area (Å²) in [5, 5.41) is 8.64. The fourth-order valence-electron chi connectivity index (χ4n) is 1.24. The van der Waals surface area contributed by atoms with Crippen LogP contribution in [0.3, 0.4) is 0 Å². The van der Waals surface area contributed by atoms with Crippen molar-refractivity contribution in [1.29, 1.82) is 5.26 Å². The Kier molecular flexibility index (Phi) is 3.73. The molecule has 0 spiro atoms. The molecule has 17 heavy (non-hydrogen) atoms. The molecule has 90 valence electrons. The quantitative estimate of drug-likeness (QED) is 0.819. The minimum Gasteiger partial charge on any atom is -0.497 e.